The van der Waals surface area contributed by atoms with Gasteiger partial charge in [-0.1, -0.05) is 6.92 Å². The van der Waals surface area contributed by atoms with Crippen LogP contribution in [0.1, 0.15) is 26.2 Å². The standard InChI is InChI=1S/C10H19N3O2/c1-2-10(3-4-10)7-13-9(15)8(14)12-6-5-11/h2-7,11H2,1H3,(H,12,14)(H,13,15). The first-order chi connectivity index (χ1) is 7.13. The summed E-state index contributed by atoms with van der Waals surface area (Å²) in [5.74, 6) is -1.14. The summed E-state index contributed by atoms with van der Waals surface area (Å²) in [6.45, 7) is 3.40. The van der Waals surface area contributed by atoms with Crippen LogP contribution in [0.2, 0.25) is 0 Å². The lowest BCUT2D eigenvalue weighted by molar-refractivity contribution is -0.139. The lowest BCUT2D eigenvalue weighted by Crippen LogP contribution is -2.43. The van der Waals surface area contributed by atoms with E-state index in [4.69, 9.17) is 5.73 Å². The van der Waals surface area contributed by atoms with Crippen molar-refractivity contribution in [1.82, 2.24) is 10.6 Å². The van der Waals surface area contributed by atoms with E-state index in [0.29, 0.717) is 19.6 Å². The Hall–Kier alpha value is -1.10. The second-order valence-corrected chi connectivity index (χ2v) is 4.08. The van der Waals surface area contributed by atoms with Crippen LogP contribution in [0, 0.1) is 5.41 Å². The first-order valence-corrected chi connectivity index (χ1v) is 5.39. The summed E-state index contributed by atoms with van der Waals surface area (Å²) >= 11 is 0. The van der Waals surface area contributed by atoms with E-state index in [9.17, 15) is 9.59 Å². The lowest BCUT2D eigenvalue weighted by atomic mass is 10.0. The molecule has 1 saturated carbocycles. The number of hydrogen-bond donors (Lipinski definition) is 3. The van der Waals surface area contributed by atoms with Crippen molar-refractivity contribution in [3.63, 3.8) is 0 Å². The van der Waals surface area contributed by atoms with Gasteiger partial charge in [0.2, 0.25) is 0 Å². The Labute approximate surface area is 89.8 Å². The number of hydrogen-bond acceptors (Lipinski definition) is 3. The van der Waals surface area contributed by atoms with Crippen LogP contribution in [-0.2, 0) is 9.59 Å². The molecule has 0 saturated heterocycles. The molecule has 15 heavy (non-hydrogen) atoms. The maximum absolute atomic E-state index is 11.3. The second kappa shape index (κ2) is 5.11. The zero-order chi connectivity index (χ0) is 11.3. The SMILES string of the molecule is CCC1(CNC(=O)C(=O)NCCN)CC1. The van der Waals surface area contributed by atoms with Crippen molar-refractivity contribution in [3.8, 4) is 0 Å². The molecule has 1 rings (SSSR count). The molecule has 0 heterocycles. The molecule has 1 fully saturated rings. The molecule has 5 nitrogen and oxygen atoms in total. The Bertz CT molecular complexity index is 249. The molecule has 2 amide bonds. The summed E-state index contributed by atoms with van der Waals surface area (Å²) < 4.78 is 0. The van der Waals surface area contributed by atoms with Gasteiger partial charge in [0.05, 0.1) is 0 Å². The van der Waals surface area contributed by atoms with Gasteiger partial charge in [0.15, 0.2) is 0 Å². The average molecular weight is 213 g/mol. The van der Waals surface area contributed by atoms with E-state index in [1.807, 2.05) is 0 Å². The molecular formula is C10H19N3O2. The van der Waals surface area contributed by atoms with E-state index >= 15 is 0 Å². The Balaban J connectivity index is 2.20. The van der Waals surface area contributed by atoms with Crippen molar-refractivity contribution in [2.75, 3.05) is 19.6 Å². The van der Waals surface area contributed by atoms with Crippen molar-refractivity contribution in [2.24, 2.45) is 11.1 Å². The summed E-state index contributed by atoms with van der Waals surface area (Å²) in [6.07, 6.45) is 3.35. The van der Waals surface area contributed by atoms with Crippen LogP contribution >= 0.6 is 0 Å². The van der Waals surface area contributed by atoms with E-state index in [1.165, 1.54) is 0 Å². The van der Waals surface area contributed by atoms with Gasteiger partial charge in [-0.05, 0) is 24.7 Å². The van der Waals surface area contributed by atoms with Gasteiger partial charge in [-0.2, -0.15) is 0 Å². The third kappa shape index (κ3) is 3.51. The monoisotopic (exact) mass is 213 g/mol. The molecule has 86 valence electrons. The fourth-order valence-electron chi connectivity index (χ4n) is 1.45. The smallest absolute Gasteiger partial charge is 0.309 e. The highest BCUT2D eigenvalue weighted by Gasteiger charge is 2.40. The van der Waals surface area contributed by atoms with Crippen LogP contribution in [0.5, 0.6) is 0 Å². The number of nitrogens with one attached hydrogen (secondary N) is 2. The molecule has 0 aromatic heterocycles. The zero-order valence-corrected chi connectivity index (χ0v) is 9.14. The molecule has 0 atom stereocenters. The Kier molecular flexibility index (Phi) is 4.08. The van der Waals surface area contributed by atoms with E-state index in [-0.39, 0.29) is 5.41 Å². The second-order valence-electron chi connectivity index (χ2n) is 4.08. The minimum Gasteiger partial charge on any atom is -0.347 e. The van der Waals surface area contributed by atoms with Gasteiger partial charge in [0, 0.05) is 19.6 Å². The zero-order valence-electron chi connectivity index (χ0n) is 9.14. The normalized spacial score (nSPS) is 16.9. The van der Waals surface area contributed by atoms with Gasteiger partial charge in [-0.25, -0.2) is 0 Å². The number of carbonyl (C=O) groups is 2. The van der Waals surface area contributed by atoms with Gasteiger partial charge < -0.3 is 16.4 Å². The minimum absolute atomic E-state index is 0.268. The number of rotatable bonds is 5. The third-order valence-electron chi connectivity index (χ3n) is 2.97. The topological polar surface area (TPSA) is 84.2 Å². The Morgan fingerprint density at radius 2 is 1.87 bits per heavy atom. The van der Waals surface area contributed by atoms with Gasteiger partial charge in [0.25, 0.3) is 0 Å². The van der Waals surface area contributed by atoms with Crippen molar-refractivity contribution in [3.05, 3.63) is 0 Å². The molecule has 0 unspecified atom stereocenters. The van der Waals surface area contributed by atoms with Gasteiger partial charge in [-0.15, -0.1) is 0 Å². The van der Waals surface area contributed by atoms with Crippen LogP contribution in [0.15, 0.2) is 0 Å². The minimum atomic E-state index is -0.590. The quantitative estimate of drug-likeness (QED) is 0.531. The highest BCUT2D eigenvalue weighted by Crippen LogP contribution is 2.47. The van der Waals surface area contributed by atoms with E-state index in [1.54, 1.807) is 0 Å². The van der Waals surface area contributed by atoms with E-state index in [0.717, 1.165) is 19.3 Å². The van der Waals surface area contributed by atoms with Crippen molar-refractivity contribution in [1.29, 1.82) is 0 Å². The highest BCUT2D eigenvalue weighted by atomic mass is 16.2. The van der Waals surface area contributed by atoms with Gasteiger partial charge >= 0.3 is 11.8 Å². The molecule has 0 aliphatic heterocycles. The molecule has 0 bridgehead atoms. The van der Waals surface area contributed by atoms with E-state index < -0.39 is 11.8 Å². The molecule has 0 radical (unpaired) electrons. The van der Waals surface area contributed by atoms with Crippen LogP contribution < -0.4 is 16.4 Å². The summed E-state index contributed by atoms with van der Waals surface area (Å²) in [7, 11) is 0. The molecule has 1 aliphatic carbocycles. The molecule has 0 aromatic rings. The Morgan fingerprint density at radius 3 is 2.33 bits per heavy atom. The Morgan fingerprint density at radius 1 is 1.27 bits per heavy atom. The van der Waals surface area contributed by atoms with Crippen LogP contribution in [0.4, 0.5) is 0 Å². The van der Waals surface area contributed by atoms with E-state index in [2.05, 4.69) is 17.6 Å². The fourth-order valence-corrected chi connectivity index (χ4v) is 1.45. The summed E-state index contributed by atoms with van der Waals surface area (Å²) in [4.78, 5) is 22.4. The predicted octanol–water partition coefficient (Wildman–Crippen LogP) is -0.632. The maximum Gasteiger partial charge on any atom is 0.309 e. The van der Waals surface area contributed by atoms with Crippen LogP contribution in [0.25, 0.3) is 0 Å². The van der Waals surface area contributed by atoms with Crippen LogP contribution in [-0.4, -0.2) is 31.4 Å². The van der Waals surface area contributed by atoms with Gasteiger partial charge in [0.1, 0.15) is 0 Å². The molecule has 0 aromatic carbocycles. The number of amides is 2. The number of carbonyl (C=O) groups excluding carboxylic acids is 2. The van der Waals surface area contributed by atoms with Crippen molar-refractivity contribution in [2.45, 2.75) is 26.2 Å². The average Bonchev–Trinajstić information content (AvgIpc) is 3.03. The van der Waals surface area contributed by atoms with Crippen molar-refractivity contribution >= 4 is 11.8 Å². The predicted molar refractivity (Wildman–Crippen MR) is 57.0 cm³/mol. The highest BCUT2D eigenvalue weighted by molar-refractivity contribution is 6.35. The number of nitrogens with two attached hydrogens (primary N) is 1. The van der Waals surface area contributed by atoms with Gasteiger partial charge in [-0.3, -0.25) is 9.59 Å². The molecule has 5 heteroatoms. The molecule has 4 N–H and O–H groups in total. The summed E-state index contributed by atoms with van der Waals surface area (Å²) in [6, 6.07) is 0. The molecule has 0 spiro atoms. The lowest BCUT2D eigenvalue weighted by Gasteiger charge is -2.12. The van der Waals surface area contributed by atoms with Crippen molar-refractivity contribution < 1.29 is 9.59 Å². The summed E-state index contributed by atoms with van der Waals surface area (Å²) in [5.41, 5.74) is 5.47. The largest absolute Gasteiger partial charge is 0.347 e. The summed E-state index contributed by atoms with van der Waals surface area (Å²) in [5, 5.41) is 5.08. The third-order valence-corrected chi connectivity index (χ3v) is 2.97. The first-order valence-electron chi connectivity index (χ1n) is 5.39. The molecule has 1 aliphatic rings. The first kappa shape index (κ1) is 12.0. The molecular weight excluding hydrogens is 194 g/mol. The van der Waals surface area contributed by atoms with Crippen LogP contribution in [0.3, 0.4) is 0 Å². The maximum atomic E-state index is 11.3. The fraction of sp³-hybridized carbons (Fsp3) is 0.800.